The first-order chi connectivity index (χ1) is 9.70. The SMILES string of the molecule is CCNc1ccc(C)cc1C(=O)NCc1ccccc1. The van der Waals surface area contributed by atoms with E-state index in [9.17, 15) is 4.79 Å². The molecule has 0 fully saturated rings. The van der Waals surface area contributed by atoms with Gasteiger partial charge >= 0.3 is 0 Å². The van der Waals surface area contributed by atoms with Gasteiger partial charge in [-0.3, -0.25) is 4.79 Å². The van der Waals surface area contributed by atoms with Crippen LogP contribution in [0.15, 0.2) is 48.5 Å². The predicted octanol–water partition coefficient (Wildman–Crippen LogP) is 3.36. The van der Waals surface area contributed by atoms with E-state index >= 15 is 0 Å². The number of anilines is 1. The van der Waals surface area contributed by atoms with Gasteiger partial charge in [0.25, 0.3) is 5.91 Å². The molecule has 2 N–H and O–H groups in total. The molecule has 0 aromatic heterocycles. The summed E-state index contributed by atoms with van der Waals surface area (Å²) in [6.45, 7) is 5.34. The van der Waals surface area contributed by atoms with E-state index in [2.05, 4.69) is 10.6 Å². The first kappa shape index (κ1) is 14.1. The monoisotopic (exact) mass is 268 g/mol. The van der Waals surface area contributed by atoms with Crippen molar-refractivity contribution in [2.24, 2.45) is 0 Å². The van der Waals surface area contributed by atoms with Crippen LogP contribution < -0.4 is 10.6 Å². The van der Waals surface area contributed by atoms with E-state index in [4.69, 9.17) is 0 Å². The van der Waals surface area contributed by atoms with Crippen molar-refractivity contribution in [1.29, 1.82) is 0 Å². The summed E-state index contributed by atoms with van der Waals surface area (Å²) >= 11 is 0. The fourth-order valence-electron chi connectivity index (χ4n) is 2.06. The van der Waals surface area contributed by atoms with E-state index in [-0.39, 0.29) is 5.91 Å². The maximum atomic E-state index is 12.3. The summed E-state index contributed by atoms with van der Waals surface area (Å²) in [5.41, 5.74) is 3.75. The van der Waals surface area contributed by atoms with Gasteiger partial charge in [-0.25, -0.2) is 0 Å². The number of aryl methyl sites for hydroxylation is 1. The zero-order chi connectivity index (χ0) is 14.4. The molecule has 0 atom stereocenters. The van der Waals surface area contributed by atoms with Crippen molar-refractivity contribution >= 4 is 11.6 Å². The first-order valence-electron chi connectivity index (χ1n) is 6.87. The van der Waals surface area contributed by atoms with Crippen LogP contribution >= 0.6 is 0 Å². The molecule has 1 amide bonds. The van der Waals surface area contributed by atoms with E-state index in [1.165, 1.54) is 0 Å². The maximum Gasteiger partial charge on any atom is 0.253 e. The molecule has 0 aliphatic heterocycles. The first-order valence-corrected chi connectivity index (χ1v) is 6.87. The van der Waals surface area contributed by atoms with Gasteiger partial charge in [-0.15, -0.1) is 0 Å². The molecule has 0 aliphatic carbocycles. The van der Waals surface area contributed by atoms with Crippen molar-refractivity contribution in [1.82, 2.24) is 5.32 Å². The molecule has 0 saturated heterocycles. The Morgan fingerprint density at radius 1 is 1.10 bits per heavy atom. The van der Waals surface area contributed by atoms with Crippen LogP contribution in [0, 0.1) is 6.92 Å². The molecule has 104 valence electrons. The van der Waals surface area contributed by atoms with Crippen LogP contribution in [-0.4, -0.2) is 12.5 Å². The average molecular weight is 268 g/mol. The summed E-state index contributed by atoms with van der Waals surface area (Å²) in [6, 6.07) is 15.8. The van der Waals surface area contributed by atoms with Gasteiger partial charge in [0.15, 0.2) is 0 Å². The van der Waals surface area contributed by atoms with Crippen LogP contribution in [0.25, 0.3) is 0 Å². The van der Waals surface area contributed by atoms with E-state index in [0.29, 0.717) is 12.1 Å². The standard InChI is InChI=1S/C17H20N2O/c1-3-18-16-10-9-13(2)11-15(16)17(20)19-12-14-7-5-4-6-8-14/h4-11,18H,3,12H2,1-2H3,(H,19,20). The lowest BCUT2D eigenvalue weighted by molar-refractivity contribution is 0.0951. The fraction of sp³-hybridized carbons (Fsp3) is 0.235. The van der Waals surface area contributed by atoms with E-state index in [0.717, 1.165) is 23.4 Å². The van der Waals surface area contributed by atoms with Crippen LogP contribution in [0.5, 0.6) is 0 Å². The molecule has 0 saturated carbocycles. The summed E-state index contributed by atoms with van der Waals surface area (Å²) in [4.78, 5) is 12.3. The van der Waals surface area contributed by atoms with E-state index in [1.807, 2.05) is 62.4 Å². The number of rotatable bonds is 5. The molecule has 2 aromatic rings. The number of carbonyl (C=O) groups excluding carboxylic acids is 1. The molecule has 0 radical (unpaired) electrons. The third kappa shape index (κ3) is 3.60. The molecular formula is C17H20N2O. The largest absolute Gasteiger partial charge is 0.385 e. The second kappa shape index (κ2) is 6.75. The van der Waals surface area contributed by atoms with Crippen molar-refractivity contribution in [2.45, 2.75) is 20.4 Å². The molecule has 0 heterocycles. The topological polar surface area (TPSA) is 41.1 Å². The van der Waals surface area contributed by atoms with Gasteiger partial charge < -0.3 is 10.6 Å². The molecule has 20 heavy (non-hydrogen) atoms. The molecule has 0 aliphatic rings. The highest BCUT2D eigenvalue weighted by molar-refractivity contribution is 5.99. The number of benzene rings is 2. The maximum absolute atomic E-state index is 12.3. The second-order valence-corrected chi connectivity index (χ2v) is 4.75. The highest BCUT2D eigenvalue weighted by Gasteiger charge is 2.10. The molecule has 0 spiro atoms. The summed E-state index contributed by atoms with van der Waals surface area (Å²) in [6.07, 6.45) is 0. The smallest absolute Gasteiger partial charge is 0.253 e. The van der Waals surface area contributed by atoms with Crippen LogP contribution in [0.1, 0.15) is 28.4 Å². The minimum Gasteiger partial charge on any atom is -0.385 e. The summed E-state index contributed by atoms with van der Waals surface area (Å²) < 4.78 is 0. The van der Waals surface area contributed by atoms with Crippen LogP contribution in [-0.2, 0) is 6.54 Å². The molecule has 2 aromatic carbocycles. The van der Waals surface area contributed by atoms with Crippen LogP contribution in [0.2, 0.25) is 0 Å². The lowest BCUT2D eigenvalue weighted by Crippen LogP contribution is -2.24. The highest BCUT2D eigenvalue weighted by Crippen LogP contribution is 2.17. The zero-order valence-corrected chi connectivity index (χ0v) is 11.9. The number of hydrogen-bond acceptors (Lipinski definition) is 2. The molecular weight excluding hydrogens is 248 g/mol. The number of amides is 1. The Bertz CT molecular complexity index is 579. The molecule has 3 heteroatoms. The number of hydrogen-bond donors (Lipinski definition) is 2. The Hall–Kier alpha value is -2.29. The second-order valence-electron chi connectivity index (χ2n) is 4.75. The third-order valence-corrected chi connectivity index (χ3v) is 3.08. The summed E-state index contributed by atoms with van der Waals surface area (Å²) in [5, 5.41) is 6.18. The van der Waals surface area contributed by atoms with Crippen molar-refractivity contribution in [3.8, 4) is 0 Å². The highest BCUT2D eigenvalue weighted by atomic mass is 16.1. The van der Waals surface area contributed by atoms with Crippen molar-refractivity contribution in [3.63, 3.8) is 0 Å². The number of carbonyl (C=O) groups is 1. The van der Waals surface area contributed by atoms with Crippen LogP contribution in [0.3, 0.4) is 0 Å². The Kier molecular flexibility index (Phi) is 4.77. The Balaban J connectivity index is 2.10. The lowest BCUT2D eigenvalue weighted by atomic mass is 10.1. The Morgan fingerprint density at radius 2 is 1.85 bits per heavy atom. The van der Waals surface area contributed by atoms with Crippen molar-refractivity contribution in [2.75, 3.05) is 11.9 Å². The summed E-state index contributed by atoms with van der Waals surface area (Å²) in [7, 11) is 0. The van der Waals surface area contributed by atoms with Gasteiger partial charge in [0.2, 0.25) is 0 Å². The molecule has 0 unspecified atom stereocenters. The Morgan fingerprint density at radius 3 is 2.55 bits per heavy atom. The molecule has 2 rings (SSSR count). The average Bonchev–Trinajstić information content (AvgIpc) is 2.48. The van der Waals surface area contributed by atoms with Gasteiger partial charge in [-0.1, -0.05) is 42.0 Å². The fourth-order valence-corrected chi connectivity index (χ4v) is 2.06. The van der Waals surface area contributed by atoms with Crippen molar-refractivity contribution < 1.29 is 4.79 Å². The Labute approximate surface area is 120 Å². The van der Waals surface area contributed by atoms with Crippen LogP contribution in [0.4, 0.5) is 5.69 Å². The molecule has 0 bridgehead atoms. The molecule has 3 nitrogen and oxygen atoms in total. The van der Waals surface area contributed by atoms with Gasteiger partial charge in [-0.05, 0) is 31.5 Å². The van der Waals surface area contributed by atoms with Gasteiger partial charge in [-0.2, -0.15) is 0 Å². The minimum atomic E-state index is -0.0477. The van der Waals surface area contributed by atoms with Gasteiger partial charge in [0.1, 0.15) is 0 Å². The summed E-state index contributed by atoms with van der Waals surface area (Å²) in [5.74, 6) is -0.0477. The van der Waals surface area contributed by atoms with Gasteiger partial charge in [0.05, 0.1) is 5.56 Å². The predicted molar refractivity (Wildman–Crippen MR) is 83.0 cm³/mol. The van der Waals surface area contributed by atoms with Crippen molar-refractivity contribution in [3.05, 3.63) is 65.2 Å². The zero-order valence-electron chi connectivity index (χ0n) is 11.9. The van der Waals surface area contributed by atoms with Gasteiger partial charge in [0, 0.05) is 18.8 Å². The minimum absolute atomic E-state index is 0.0477. The number of nitrogens with one attached hydrogen (secondary N) is 2. The van der Waals surface area contributed by atoms with E-state index < -0.39 is 0 Å². The lowest BCUT2D eigenvalue weighted by Gasteiger charge is -2.12. The third-order valence-electron chi connectivity index (χ3n) is 3.08. The van der Waals surface area contributed by atoms with E-state index in [1.54, 1.807) is 0 Å². The normalized spacial score (nSPS) is 10.1. The quantitative estimate of drug-likeness (QED) is 0.873.